The first kappa shape index (κ1) is 12.7. The first-order valence-corrected chi connectivity index (χ1v) is 6.67. The molecule has 18 heavy (non-hydrogen) atoms. The number of aliphatic imine (C=N–C) groups is 1. The van der Waals surface area contributed by atoms with Gasteiger partial charge in [0, 0.05) is 0 Å². The lowest BCUT2D eigenvalue weighted by Gasteiger charge is -2.27. The van der Waals surface area contributed by atoms with Crippen molar-refractivity contribution < 1.29 is 9.47 Å². The van der Waals surface area contributed by atoms with E-state index in [0.717, 1.165) is 0 Å². The summed E-state index contributed by atoms with van der Waals surface area (Å²) in [7, 11) is 0. The van der Waals surface area contributed by atoms with Gasteiger partial charge in [0.1, 0.15) is 17.5 Å². The van der Waals surface area contributed by atoms with Crippen molar-refractivity contribution in [2.24, 2.45) is 4.99 Å². The van der Waals surface area contributed by atoms with E-state index in [1.54, 1.807) is 0 Å². The largest absolute Gasteiger partial charge is 0.483 e. The molecule has 1 aliphatic heterocycles. The summed E-state index contributed by atoms with van der Waals surface area (Å²) in [6.07, 6.45) is 3.81. The summed E-state index contributed by atoms with van der Waals surface area (Å²) in [5.41, 5.74) is 0.705. The van der Waals surface area contributed by atoms with E-state index < -0.39 is 0 Å². The molecule has 0 radical (unpaired) electrons. The predicted octanol–water partition coefficient (Wildman–Crippen LogP) is 1.89. The fraction of sp³-hybridized carbons (Fsp3) is 0.333. The average molecular weight is 263 g/mol. The Morgan fingerprint density at radius 2 is 2.33 bits per heavy atom. The van der Waals surface area contributed by atoms with Gasteiger partial charge in [0.05, 0.1) is 13.2 Å². The fourth-order valence-corrected chi connectivity index (χ4v) is 1.73. The van der Waals surface area contributed by atoms with Crippen LogP contribution < -0.4 is 10.1 Å². The highest BCUT2D eigenvalue weighted by Gasteiger charge is 2.21. The van der Waals surface area contributed by atoms with Gasteiger partial charge >= 0.3 is 0 Å². The van der Waals surface area contributed by atoms with Crippen molar-refractivity contribution >= 4 is 22.6 Å². The number of para-hydroxylation sites is 2. The zero-order valence-corrected chi connectivity index (χ0v) is 10.7. The van der Waals surface area contributed by atoms with Crippen molar-refractivity contribution in [3.8, 4) is 11.9 Å². The third-order valence-corrected chi connectivity index (χ3v) is 2.92. The SMILES string of the molecule is CSC(=Nc1ccccc1OC1COC1)NC#N. The molecule has 1 fully saturated rings. The van der Waals surface area contributed by atoms with E-state index >= 15 is 0 Å². The second-order valence-electron chi connectivity index (χ2n) is 3.60. The van der Waals surface area contributed by atoms with Crippen LogP contribution in [-0.4, -0.2) is 30.7 Å². The van der Waals surface area contributed by atoms with Gasteiger partial charge in [-0.15, -0.1) is 0 Å². The molecule has 0 atom stereocenters. The Balaban J connectivity index is 2.17. The van der Waals surface area contributed by atoms with Gasteiger partial charge in [-0.3, -0.25) is 5.32 Å². The molecule has 0 bridgehead atoms. The topological polar surface area (TPSA) is 66.6 Å². The highest BCUT2D eigenvalue weighted by atomic mass is 32.2. The summed E-state index contributed by atoms with van der Waals surface area (Å²) in [5.74, 6) is 0.706. The van der Waals surface area contributed by atoms with Crippen molar-refractivity contribution in [3.05, 3.63) is 24.3 Å². The number of amidine groups is 1. The lowest BCUT2D eigenvalue weighted by molar-refractivity contribution is -0.0794. The molecule has 0 spiro atoms. The van der Waals surface area contributed by atoms with E-state index in [4.69, 9.17) is 14.7 Å². The van der Waals surface area contributed by atoms with Crippen LogP contribution >= 0.6 is 11.8 Å². The molecular formula is C12H13N3O2S. The number of rotatable bonds is 3. The number of benzene rings is 1. The van der Waals surface area contributed by atoms with E-state index in [-0.39, 0.29) is 6.10 Å². The van der Waals surface area contributed by atoms with Crippen molar-refractivity contribution in [3.63, 3.8) is 0 Å². The Kier molecular flexibility index (Phi) is 4.45. The molecule has 0 aromatic heterocycles. The molecule has 0 aliphatic carbocycles. The van der Waals surface area contributed by atoms with Crippen molar-refractivity contribution in [1.29, 1.82) is 5.26 Å². The molecule has 1 saturated heterocycles. The number of hydrogen-bond acceptors (Lipinski definition) is 5. The Morgan fingerprint density at radius 3 is 2.94 bits per heavy atom. The standard InChI is InChI=1S/C12H13N3O2S/c1-18-12(14-8-13)15-10-4-2-3-5-11(10)17-9-6-16-7-9/h2-5,9H,6-7H2,1H3,(H,14,15). The van der Waals surface area contributed by atoms with Crippen LogP contribution in [0.5, 0.6) is 5.75 Å². The fourth-order valence-electron chi connectivity index (χ4n) is 1.39. The summed E-state index contributed by atoms with van der Waals surface area (Å²) in [4.78, 5) is 4.36. The van der Waals surface area contributed by atoms with Crippen LogP contribution in [0, 0.1) is 11.5 Å². The molecule has 1 aliphatic rings. The minimum Gasteiger partial charge on any atom is -0.483 e. The van der Waals surface area contributed by atoms with Crippen molar-refractivity contribution in [1.82, 2.24) is 5.32 Å². The maximum absolute atomic E-state index is 8.60. The van der Waals surface area contributed by atoms with Gasteiger partial charge in [0.25, 0.3) is 0 Å². The summed E-state index contributed by atoms with van der Waals surface area (Å²) < 4.78 is 10.8. The van der Waals surface area contributed by atoms with Gasteiger partial charge in [-0.1, -0.05) is 23.9 Å². The molecule has 6 heteroatoms. The van der Waals surface area contributed by atoms with Gasteiger partial charge in [0.15, 0.2) is 11.4 Å². The first-order valence-electron chi connectivity index (χ1n) is 5.44. The van der Waals surface area contributed by atoms with Crippen LogP contribution in [0.15, 0.2) is 29.3 Å². The van der Waals surface area contributed by atoms with E-state index in [0.29, 0.717) is 29.8 Å². The monoisotopic (exact) mass is 263 g/mol. The van der Waals surface area contributed by atoms with Crippen LogP contribution in [-0.2, 0) is 4.74 Å². The van der Waals surface area contributed by atoms with Gasteiger partial charge < -0.3 is 9.47 Å². The molecule has 1 N–H and O–H groups in total. The Hall–Kier alpha value is -1.71. The van der Waals surface area contributed by atoms with Crippen LogP contribution in [0.1, 0.15) is 0 Å². The lowest BCUT2D eigenvalue weighted by Crippen LogP contribution is -2.38. The first-order chi connectivity index (χ1) is 8.83. The third kappa shape index (κ3) is 3.15. The van der Waals surface area contributed by atoms with Crippen LogP contribution in [0.25, 0.3) is 0 Å². The second-order valence-corrected chi connectivity index (χ2v) is 4.40. The molecule has 94 valence electrons. The Labute approximate surface area is 110 Å². The van der Waals surface area contributed by atoms with Gasteiger partial charge in [-0.05, 0) is 18.4 Å². The normalized spacial score (nSPS) is 15.7. The minimum atomic E-state index is 0.100. The molecule has 2 rings (SSSR count). The van der Waals surface area contributed by atoms with Crippen LogP contribution in [0.4, 0.5) is 5.69 Å². The summed E-state index contributed by atoms with van der Waals surface area (Å²) in [6.45, 7) is 1.23. The minimum absolute atomic E-state index is 0.100. The Morgan fingerprint density at radius 1 is 1.56 bits per heavy atom. The van der Waals surface area contributed by atoms with Crippen LogP contribution in [0.3, 0.4) is 0 Å². The molecule has 1 heterocycles. The van der Waals surface area contributed by atoms with Gasteiger partial charge in [-0.2, -0.15) is 5.26 Å². The second kappa shape index (κ2) is 6.28. The average Bonchev–Trinajstić information content (AvgIpc) is 2.35. The number of thioether (sulfide) groups is 1. The van der Waals surface area contributed by atoms with Gasteiger partial charge in [-0.25, -0.2) is 4.99 Å². The van der Waals surface area contributed by atoms with E-state index in [2.05, 4.69) is 10.3 Å². The Bertz CT molecular complexity index is 480. The zero-order chi connectivity index (χ0) is 12.8. The number of nitrogens with zero attached hydrogens (tertiary/aromatic N) is 2. The highest BCUT2D eigenvalue weighted by Crippen LogP contribution is 2.29. The summed E-state index contributed by atoms with van der Waals surface area (Å²) in [5, 5.41) is 11.7. The number of hydrogen-bond donors (Lipinski definition) is 1. The smallest absolute Gasteiger partial charge is 0.183 e. The van der Waals surface area contributed by atoms with Crippen molar-refractivity contribution in [2.45, 2.75) is 6.10 Å². The lowest BCUT2D eigenvalue weighted by atomic mass is 10.2. The number of ether oxygens (including phenoxy) is 2. The quantitative estimate of drug-likeness (QED) is 0.390. The third-order valence-electron chi connectivity index (χ3n) is 2.34. The van der Waals surface area contributed by atoms with Gasteiger partial charge in [0.2, 0.25) is 0 Å². The van der Waals surface area contributed by atoms with E-state index in [1.165, 1.54) is 11.8 Å². The molecule has 5 nitrogen and oxygen atoms in total. The van der Waals surface area contributed by atoms with E-state index in [9.17, 15) is 0 Å². The maximum atomic E-state index is 8.60. The molecule has 1 aromatic rings. The molecule has 1 aromatic carbocycles. The molecular weight excluding hydrogens is 250 g/mol. The summed E-state index contributed by atoms with van der Waals surface area (Å²) in [6, 6.07) is 7.49. The maximum Gasteiger partial charge on any atom is 0.183 e. The molecule has 0 amide bonds. The van der Waals surface area contributed by atoms with Crippen LogP contribution in [0.2, 0.25) is 0 Å². The highest BCUT2D eigenvalue weighted by molar-refractivity contribution is 8.13. The summed E-state index contributed by atoms with van der Waals surface area (Å²) >= 11 is 1.37. The predicted molar refractivity (Wildman–Crippen MR) is 71.0 cm³/mol. The van der Waals surface area contributed by atoms with Crippen molar-refractivity contribution in [2.75, 3.05) is 19.5 Å². The number of nitrogens with one attached hydrogen (secondary N) is 1. The number of nitriles is 1. The molecule has 0 unspecified atom stereocenters. The zero-order valence-electron chi connectivity index (χ0n) is 9.92. The molecule has 0 saturated carbocycles. The van der Waals surface area contributed by atoms with E-state index in [1.807, 2.05) is 36.7 Å².